The van der Waals surface area contributed by atoms with Crippen LogP contribution >= 0.6 is 0 Å². The first-order chi connectivity index (χ1) is 9.22. The summed E-state index contributed by atoms with van der Waals surface area (Å²) in [4.78, 5) is 11.2. The molecule has 1 fully saturated rings. The molecule has 1 rings (SSSR count). The molecule has 0 saturated carbocycles. The number of aliphatic hydroxyl groups excluding tert-OH is 4. The maximum absolute atomic E-state index is 12.3. The van der Waals surface area contributed by atoms with Crippen molar-refractivity contribution in [3.8, 4) is 0 Å². The number of nitrogens with zero attached hydrogens (tertiary/aromatic N) is 1. The van der Waals surface area contributed by atoms with E-state index in [9.17, 15) is 25.3 Å². The normalized spacial score (nSPS) is 35.8. The third-order valence-corrected chi connectivity index (χ3v) is 3.44. The van der Waals surface area contributed by atoms with Crippen molar-refractivity contribution < 1.29 is 35.1 Å². The lowest BCUT2D eigenvalue weighted by atomic mass is 9.97. The second-order valence-corrected chi connectivity index (χ2v) is 5.13. The zero-order valence-corrected chi connectivity index (χ0v) is 11.2. The van der Waals surface area contributed by atoms with Gasteiger partial charge in [-0.25, -0.2) is 0 Å². The maximum Gasteiger partial charge on any atom is 0.320 e. The van der Waals surface area contributed by atoms with Crippen LogP contribution in [0.1, 0.15) is 13.8 Å². The van der Waals surface area contributed by atoms with Gasteiger partial charge in [0.15, 0.2) is 5.72 Å². The highest BCUT2D eigenvalue weighted by Crippen LogP contribution is 2.36. The van der Waals surface area contributed by atoms with Gasteiger partial charge in [-0.2, -0.15) is 0 Å². The lowest BCUT2D eigenvalue weighted by molar-refractivity contribution is -0.210. The van der Waals surface area contributed by atoms with E-state index in [0.29, 0.717) is 0 Å². The van der Waals surface area contributed by atoms with Crippen LogP contribution in [0.4, 0.5) is 0 Å². The Labute approximate surface area is 115 Å². The molecule has 118 valence electrons. The number of carbonyl (C=O) groups is 1. The van der Waals surface area contributed by atoms with Crippen molar-refractivity contribution in [3.63, 3.8) is 0 Å². The Morgan fingerprint density at radius 2 is 1.95 bits per heavy atom. The lowest BCUT2D eigenvalue weighted by Gasteiger charge is -2.50. The van der Waals surface area contributed by atoms with E-state index in [-0.39, 0.29) is 5.06 Å². The standard InChI is InChI=1S/C11H20NO8/c1-5(2)7(10(17)18)12(19)11(4-14)9(16)8(15)6(3-13)20-11/h5-9,13-16H,3-4H2,1-2H3,(H,17,18)/q-1/t6-,7+,8-,9+,11+/m1/s1. The average molecular weight is 294 g/mol. The van der Waals surface area contributed by atoms with Crippen LogP contribution in [0.25, 0.3) is 0 Å². The minimum atomic E-state index is -2.32. The number of aliphatic carboxylic acids is 1. The van der Waals surface area contributed by atoms with Crippen molar-refractivity contribution in [2.45, 2.75) is 43.9 Å². The number of hydrogen-bond donors (Lipinski definition) is 5. The molecule has 0 spiro atoms. The molecule has 0 unspecified atom stereocenters. The smallest absolute Gasteiger partial charge is 0.320 e. The molecule has 0 aromatic rings. The minimum Gasteiger partial charge on any atom is -0.782 e. The second-order valence-electron chi connectivity index (χ2n) is 5.13. The van der Waals surface area contributed by atoms with Gasteiger partial charge in [-0.3, -0.25) is 4.79 Å². The Morgan fingerprint density at radius 3 is 2.25 bits per heavy atom. The van der Waals surface area contributed by atoms with E-state index in [2.05, 4.69) is 0 Å². The van der Waals surface area contributed by atoms with Gasteiger partial charge in [-0.15, -0.1) is 0 Å². The molecule has 0 radical (unpaired) electrons. The van der Waals surface area contributed by atoms with Crippen LogP contribution < -0.4 is 0 Å². The van der Waals surface area contributed by atoms with Gasteiger partial charge in [-0.05, 0) is 5.92 Å². The minimum absolute atomic E-state index is 0.0520. The molecule has 1 heterocycles. The average Bonchev–Trinajstić information content (AvgIpc) is 2.62. The van der Waals surface area contributed by atoms with Crippen LogP contribution in [0.5, 0.6) is 0 Å². The summed E-state index contributed by atoms with van der Waals surface area (Å²) in [7, 11) is 0. The third kappa shape index (κ3) is 2.66. The van der Waals surface area contributed by atoms with Gasteiger partial charge < -0.3 is 40.5 Å². The number of carboxylic acid groups (broad SMARTS) is 1. The molecule has 1 saturated heterocycles. The second kappa shape index (κ2) is 6.31. The Hall–Kier alpha value is -0.810. The van der Waals surface area contributed by atoms with E-state index in [1.165, 1.54) is 13.8 Å². The van der Waals surface area contributed by atoms with Gasteiger partial charge in [0.1, 0.15) is 24.4 Å². The monoisotopic (exact) mass is 294 g/mol. The van der Waals surface area contributed by atoms with E-state index in [1.807, 2.05) is 0 Å². The summed E-state index contributed by atoms with van der Waals surface area (Å²) in [5, 5.41) is 59.3. The molecule has 0 bridgehead atoms. The Kier molecular flexibility index (Phi) is 5.44. The van der Waals surface area contributed by atoms with Crippen molar-refractivity contribution in [1.29, 1.82) is 0 Å². The fourth-order valence-electron chi connectivity index (χ4n) is 2.29. The molecule has 0 aromatic carbocycles. The van der Waals surface area contributed by atoms with Crippen LogP contribution in [0, 0.1) is 11.1 Å². The zero-order chi connectivity index (χ0) is 15.7. The highest BCUT2D eigenvalue weighted by Gasteiger charge is 2.56. The fourth-order valence-corrected chi connectivity index (χ4v) is 2.29. The van der Waals surface area contributed by atoms with E-state index in [4.69, 9.17) is 14.9 Å². The summed E-state index contributed by atoms with van der Waals surface area (Å²) in [5.74, 6) is -2.07. The quantitative estimate of drug-likeness (QED) is 0.340. The number of ether oxygens (including phenoxy) is 1. The predicted octanol–water partition coefficient (Wildman–Crippen LogP) is -2.30. The van der Waals surface area contributed by atoms with Crippen LogP contribution in [-0.4, -0.2) is 79.9 Å². The first-order valence-corrected chi connectivity index (χ1v) is 6.17. The van der Waals surface area contributed by atoms with Gasteiger partial charge in [0.2, 0.25) is 0 Å². The van der Waals surface area contributed by atoms with Crippen LogP contribution in [-0.2, 0) is 9.53 Å². The van der Waals surface area contributed by atoms with Crippen LogP contribution in [0.2, 0.25) is 0 Å². The van der Waals surface area contributed by atoms with Gasteiger partial charge in [0.25, 0.3) is 0 Å². The zero-order valence-electron chi connectivity index (χ0n) is 11.2. The first-order valence-electron chi connectivity index (χ1n) is 6.17. The Balaban J connectivity index is 3.13. The molecule has 0 aromatic heterocycles. The van der Waals surface area contributed by atoms with E-state index in [1.54, 1.807) is 0 Å². The molecule has 9 nitrogen and oxygen atoms in total. The van der Waals surface area contributed by atoms with Crippen molar-refractivity contribution >= 4 is 5.97 Å². The molecule has 5 atom stereocenters. The molecule has 0 amide bonds. The number of hydroxylamine groups is 2. The van der Waals surface area contributed by atoms with E-state index < -0.39 is 55.2 Å². The summed E-state index contributed by atoms with van der Waals surface area (Å²) in [6.07, 6.45) is -4.73. The van der Waals surface area contributed by atoms with Crippen molar-refractivity contribution in [1.82, 2.24) is 5.06 Å². The number of aliphatic hydroxyl groups is 4. The molecular weight excluding hydrogens is 274 g/mol. The van der Waals surface area contributed by atoms with Gasteiger partial charge >= 0.3 is 5.97 Å². The van der Waals surface area contributed by atoms with Gasteiger partial charge in [0, 0.05) is 0 Å². The summed E-state index contributed by atoms with van der Waals surface area (Å²) < 4.78 is 5.07. The fraction of sp³-hybridized carbons (Fsp3) is 0.909. The van der Waals surface area contributed by atoms with Crippen molar-refractivity contribution in [3.05, 3.63) is 5.21 Å². The molecular formula is C11H20NO8-. The molecule has 5 N–H and O–H groups in total. The summed E-state index contributed by atoms with van der Waals surface area (Å²) >= 11 is 0. The molecule has 1 aliphatic rings. The van der Waals surface area contributed by atoms with Crippen molar-refractivity contribution in [2.24, 2.45) is 5.92 Å². The highest BCUT2D eigenvalue weighted by molar-refractivity contribution is 5.74. The Morgan fingerprint density at radius 1 is 1.40 bits per heavy atom. The molecule has 0 aliphatic carbocycles. The molecule has 9 heteroatoms. The van der Waals surface area contributed by atoms with E-state index >= 15 is 0 Å². The third-order valence-electron chi connectivity index (χ3n) is 3.44. The molecule has 20 heavy (non-hydrogen) atoms. The first kappa shape index (κ1) is 17.2. The maximum atomic E-state index is 12.3. The largest absolute Gasteiger partial charge is 0.782 e. The lowest BCUT2D eigenvalue weighted by Crippen LogP contribution is -2.62. The SMILES string of the molecule is CC(C)[C@@H](C(=O)O)N([O-])[C@@]1(CO)O[C@H](CO)[C@@H](O)[C@@H]1O. The highest BCUT2D eigenvalue weighted by atomic mass is 16.6. The topological polar surface area (TPSA) is 154 Å². The molecule has 1 aliphatic heterocycles. The predicted molar refractivity (Wildman–Crippen MR) is 65.3 cm³/mol. The van der Waals surface area contributed by atoms with Gasteiger partial charge in [0.05, 0.1) is 13.2 Å². The number of carboxylic acids is 1. The summed E-state index contributed by atoms with van der Waals surface area (Å²) in [6, 6.07) is -1.58. The Bertz CT molecular complexity index is 351. The summed E-state index contributed by atoms with van der Waals surface area (Å²) in [5.41, 5.74) is -2.32. The van der Waals surface area contributed by atoms with Crippen LogP contribution in [0.3, 0.4) is 0 Å². The van der Waals surface area contributed by atoms with Crippen molar-refractivity contribution in [2.75, 3.05) is 13.2 Å². The van der Waals surface area contributed by atoms with E-state index in [0.717, 1.165) is 0 Å². The summed E-state index contributed by atoms with van der Waals surface area (Å²) in [6.45, 7) is 1.25. The number of hydrogen-bond acceptors (Lipinski definition) is 8. The van der Waals surface area contributed by atoms with Gasteiger partial charge in [-0.1, -0.05) is 13.8 Å². The number of rotatable bonds is 6. The van der Waals surface area contributed by atoms with Crippen LogP contribution in [0.15, 0.2) is 0 Å².